The molecule has 156 valence electrons. The zero-order valence-electron chi connectivity index (χ0n) is 17.0. The predicted molar refractivity (Wildman–Crippen MR) is 113 cm³/mol. The first-order valence-corrected chi connectivity index (χ1v) is 10.0. The number of hydrogen-bond donors (Lipinski definition) is 1. The van der Waals surface area contributed by atoms with E-state index in [9.17, 15) is 19.2 Å². The van der Waals surface area contributed by atoms with Crippen LogP contribution in [0.25, 0.3) is 0 Å². The number of para-hydroxylation sites is 1. The molecule has 1 aliphatic rings. The number of carbonyl (C=O) groups is 4. The molecule has 2 aromatic carbocycles. The molecule has 0 saturated carbocycles. The number of fused-ring (bicyclic) bond motifs is 1. The van der Waals surface area contributed by atoms with E-state index in [0.29, 0.717) is 42.1 Å². The van der Waals surface area contributed by atoms with E-state index in [-0.39, 0.29) is 0 Å². The van der Waals surface area contributed by atoms with Gasteiger partial charge in [0.25, 0.3) is 0 Å². The van der Waals surface area contributed by atoms with Gasteiger partial charge in [0.1, 0.15) is 0 Å². The van der Waals surface area contributed by atoms with Crippen molar-refractivity contribution in [2.45, 2.75) is 26.7 Å². The second-order valence-electron chi connectivity index (χ2n) is 7.01. The third-order valence-corrected chi connectivity index (χ3v) is 4.77. The van der Waals surface area contributed by atoms with E-state index < -0.39 is 29.5 Å². The van der Waals surface area contributed by atoms with Crippen LogP contribution in [-0.2, 0) is 14.3 Å². The molecule has 1 aliphatic heterocycles. The number of anilines is 2. The number of nitrogens with zero attached hydrogens (tertiary/aromatic N) is 1. The van der Waals surface area contributed by atoms with Crippen LogP contribution in [0, 0.1) is 5.92 Å². The van der Waals surface area contributed by atoms with E-state index in [2.05, 4.69) is 5.32 Å². The summed E-state index contributed by atoms with van der Waals surface area (Å²) in [4.78, 5) is 52.0. The predicted octanol–water partition coefficient (Wildman–Crippen LogP) is 3.45. The van der Waals surface area contributed by atoms with Gasteiger partial charge in [0.2, 0.25) is 11.8 Å². The molecule has 7 nitrogen and oxygen atoms in total. The normalized spacial score (nSPS) is 15.5. The van der Waals surface area contributed by atoms with Gasteiger partial charge in [-0.3, -0.25) is 14.4 Å². The van der Waals surface area contributed by atoms with Crippen molar-refractivity contribution in [2.24, 2.45) is 5.92 Å². The highest BCUT2D eigenvalue weighted by atomic mass is 16.5. The Balaban J connectivity index is 1.78. The number of nitrogens with one attached hydrogen (secondary N) is 1. The number of ketones is 1. The number of carbonyl (C=O) groups excluding carboxylic acids is 4. The molecule has 0 radical (unpaired) electrons. The molecular formula is C23H24N2O5. The van der Waals surface area contributed by atoms with E-state index in [0.717, 1.165) is 6.42 Å². The topological polar surface area (TPSA) is 92.8 Å². The Morgan fingerprint density at radius 1 is 1.00 bits per heavy atom. The average Bonchev–Trinajstić information content (AvgIpc) is 2.75. The van der Waals surface area contributed by atoms with Crippen molar-refractivity contribution in [3.05, 3.63) is 59.7 Å². The van der Waals surface area contributed by atoms with Crippen LogP contribution in [0.1, 0.15) is 47.4 Å². The first-order chi connectivity index (χ1) is 14.5. The maximum Gasteiger partial charge on any atom is 0.338 e. The lowest BCUT2D eigenvalue weighted by Crippen LogP contribution is -2.49. The minimum absolute atomic E-state index is 0.332. The van der Waals surface area contributed by atoms with Gasteiger partial charge in [-0.2, -0.15) is 0 Å². The summed E-state index contributed by atoms with van der Waals surface area (Å²) in [6, 6.07) is 12.9. The van der Waals surface area contributed by atoms with Crippen LogP contribution in [0.15, 0.2) is 48.5 Å². The fraction of sp³-hybridized carbons (Fsp3) is 0.304. The van der Waals surface area contributed by atoms with Crippen molar-refractivity contribution < 1.29 is 23.9 Å². The molecule has 30 heavy (non-hydrogen) atoms. The van der Waals surface area contributed by atoms with E-state index in [1.165, 1.54) is 29.2 Å². The summed E-state index contributed by atoms with van der Waals surface area (Å²) < 4.78 is 5.07. The summed E-state index contributed by atoms with van der Waals surface area (Å²) in [6.45, 7) is 4.58. The van der Waals surface area contributed by atoms with Gasteiger partial charge in [-0.25, -0.2) is 4.79 Å². The quantitative estimate of drug-likeness (QED) is 0.560. The van der Waals surface area contributed by atoms with Gasteiger partial charge in [0.15, 0.2) is 11.7 Å². The third kappa shape index (κ3) is 4.25. The van der Waals surface area contributed by atoms with Gasteiger partial charge < -0.3 is 15.0 Å². The molecule has 1 heterocycles. The summed E-state index contributed by atoms with van der Waals surface area (Å²) in [7, 11) is 0. The van der Waals surface area contributed by atoms with Crippen LogP contribution in [0.4, 0.5) is 11.4 Å². The number of hydrogen-bond acceptors (Lipinski definition) is 5. The van der Waals surface area contributed by atoms with Crippen LogP contribution < -0.4 is 10.2 Å². The highest BCUT2D eigenvalue weighted by molar-refractivity contribution is 6.32. The molecule has 0 bridgehead atoms. The van der Waals surface area contributed by atoms with E-state index in [1.54, 1.807) is 24.3 Å². The Morgan fingerprint density at radius 3 is 2.37 bits per heavy atom. The number of amides is 2. The molecule has 0 aliphatic carbocycles. The lowest BCUT2D eigenvalue weighted by Gasteiger charge is -2.32. The first kappa shape index (κ1) is 21.2. The first-order valence-electron chi connectivity index (χ1n) is 10.0. The summed E-state index contributed by atoms with van der Waals surface area (Å²) in [6.07, 6.45) is 1.42. The zero-order valence-corrected chi connectivity index (χ0v) is 17.0. The number of esters is 1. The molecule has 2 aromatic rings. The minimum Gasteiger partial charge on any atom is -0.462 e. The lowest BCUT2D eigenvalue weighted by atomic mass is 9.89. The number of rotatable bonds is 7. The van der Waals surface area contributed by atoms with Crippen LogP contribution >= 0.6 is 0 Å². The molecule has 3 rings (SSSR count). The van der Waals surface area contributed by atoms with Crippen LogP contribution in [0.2, 0.25) is 0 Å². The second-order valence-corrected chi connectivity index (χ2v) is 7.01. The van der Waals surface area contributed by atoms with Gasteiger partial charge in [-0.1, -0.05) is 26.0 Å². The van der Waals surface area contributed by atoms with E-state index >= 15 is 0 Å². The maximum absolute atomic E-state index is 12.9. The van der Waals surface area contributed by atoms with E-state index in [1.807, 2.05) is 13.8 Å². The monoisotopic (exact) mass is 408 g/mol. The summed E-state index contributed by atoms with van der Waals surface area (Å²) in [5.41, 5.74) is 1.64. The highest BCUT2D eigenvalue weighted by Gasteiger charge is 2.43. The average molecular weight is 408 g/mol. The molecule has 1 unspecified atom stereocenters. The minimum atomic E-state index is -1.44. The maximum atomic E-state index is 12.9. The molecule has 2 amide bonds. The van der Waals surface area contributed by atoms with E-state index in [4.69, 9.17) is 4.74 Å². The molecule has 1 atom stereocenters. The number of benzene rings is 2. The Hall–Kier alpha value is -3.48. The van der Waals surface area contributed by atoms with Crippen molar-refractivity contribution >= 4 is 34.9 Å². The highest BCUT2D eigenvalue weighted by Crippen LogP contribution is 2.31. The summed E-state index contributed by atoms with van der Waals surface area (Å²) >= 11 is 0. The largest absolute Gasteiger partial charge is 0.462 e. The van der Waals surface area contributed by atoms with Crippen LogP contribution in [0.3, 0.4) is 0 Å². The number of ether oxygens (including phenoxy) is 1. The van der Waals surface area contributed by atoms with Crippen LogP contribution in [0.5, 0.6) is 0 Å². The fourth-order valence-corrected chi connectivity index (χ4v) is 3.33. The molecule has 0 saturated heterocycles. The Bertz CT molecular complexity index is 968. The van der Waals surface area contributed by atoms with Gasteiger partial charge in [0.05, 0.1) is 17.9 Å². The molecule has 0 fully saturated rings. The zero-order chi connectivity index (χ0) is 21.7. The smallest absolute Gasteiger partial charge is 0.338 e. The SMILES string of the molecule is CCCOC(=O)c1ccc(NC(=O)C2C(=O)c3ccccc3N(CCC)C2=O)cc1. The Kier molecular flexibility index (Phi) is 6.61. The van der Waals surface area contributed by atoms with Gasteiger partial charge in [0, 0.05) is 17.8 Å². The lowest BCUT2D eigenvalue weighted by molar-refractivity contribution is -0.129. The Morgan fingerprint density at radius 2 is 1.70 bits per heavy atom. The number of Topliss-reactive ketones (excluding diaryl/α,β-unsaturated/α-hetero) is 1. The van der Waals surface area contributed by atoms with Gasteiger partial charge in [-0.05, 0) is 49.2 Å². The summed E-state index contributed by atoms with van der Waals surface area (Å²) in [5.74, 6) is -3.63. The molecular weight excluding hydrogens is 384 g/mol. The Labute approximate surface area is 175 Å². The second kappa shape index (κ2) is 9.35. The molecule has 7 heteroatoms. The van der Waals surface area contributed by atoms with Gasteiger partial charge >= 0.3 is 5.97 Å². The summed E-state index contributed by atoms with van der Waals surface area (Å²) in [5, 5.41) is 2.62. The molecule has 0 spiro atoms. The van der Waals surface area contributed by atoms with Crippen molar-refractivity contribution in [2.75, 3.05) is 23.4 Å². The van der Waals surface area contributed by atoms with Crippen molar-refractivity contribution in [1.29, 1.82) is 0 Å². The third-order valence-electron chi connectivity index (χ3n) is 4.77. The van der Waals surface area contributed by atoms with Gasteiger partial charge in [-0.15, -0.1) is 0 Å². The van der Waals surface area contributed by atoms with Crippen molar-refractivity contribution in [1.82, 2.24) is 0 Å². The van der Waals surface area contributed by atoms with Crippen LogP contribution in [-0.4, -0.2) is 36.7 Å². The fourth-order valence-electron chi connectivity index (χ4n) is 3.33. The standard InChI is InChI=1S/C23H24N2O5/c1-3-13-25-18-8-6-5-7-17(18)20(26)19(22(25)28)21(27)24-16-11-9-15(10-12-16)23(29)30-14-4-2/h5-12,19H,3-4,13-14H2,1-2H3,(H,24,27). The van der Waals surface area contributed by atoms with Crippen molar-refractivity contribution in [3.8, 4) is 0 Å². The molecule has 0 aromatic heterocycles. The van der Waals surface area contributed by atoms with Crippen molar-refractivity contribution in [3.63, 3.8) is 0 Å². The molecule has 1 N–H and O–H groups in total.